The topological polar surface area (TPSA) is 41.6 Å². The summed E-state index contributed by atoms with van der Waals surface area (Å²) < 4.78 is 0. The molecule has 22 heavy (non-hydrogen) atoms. The van der Waals surface area contributed by atoms with Gasteiger partial charge in [0.05, 0.1) is 11.0 Å². The number of fused-ring (bicyclic) bond motifs is 2. The molecule has 4 aromatic rings. The number of nitrogens with one attached hydrogen (secondary N) is 1. The molecular formula is C19H17N3. The van der Waals surface area contributed by atoms with Crippen molar-refractivity contribution in [1.82, 2.24) is 15.0 Å². The average molecular weight is 287 g/mol. The van der Waals surface area contributed by atoms with Gasteiger partial charge >= 0.3 is 0 Å². The lowest BCUT2D eigenvalue weighted by molar-refractivity contribution is 0.923. The Hall–Kier alpha value is -2.68. The molecule has 0 fully saturated rings. The summed E-state index contributed by atoms with van der Waals surface area (Å²) in [4.78, 5) is 12.8. The van der Waals surface area contributed by atoms with E-state index in [1.54, 1.807) is 0 Å². The van der Waals surface area contributed by atoms with Gasteiger partial charge in [-0.15, -0.1) is 0 Å². The van der Waals surface area contributed by atoms with Crippen LogP contribution in [0.25, 0.3) is 33.5 Å². The van der Waals surface area contributed by atoms with Gasteiger partial charge in [0, 0.05) is 11.3 Å². The Balaban J connectivity index is 1.91. The van der Waals surface area contributed by atoms with Gasteiger partial charge < -0.3 is 4.98 Å². The van der Waals surface area contributed by atoms with E-state index in [2.05, 4.69) is 47.2 Å². The van der Waals surface area contributed by atoms with E-state index in [9.17, 15) is 0 Å². The fraction of sp³-hybridized carbons (Fsp3) is 0.158. The van der Waals surface area contributed by atoms with Gasteiger partial charge in [-0.05, 0) is 30.2 Å². The van der Waals surface area contributed by atoms with E-state index in [1.165, 1.54) is 11.1 Å². The summed E-state index contributed by atoms with van der Waals surface area (Å²) in [7, 11) is 0. The van der Waals surface area contributed by atoms with E-state index in [4.69, 9.17) is 4.98 Å². The number of H-pyrrole nitrogens is 1. The Labute approximate surface area is 129 Å². The first-order chi connectivity index (χ1) is 10.8. The fourth-order valence-electron chi connectivity index (χ4n) is 2.92. The number of hydrogen-bond donors (Lipinski definition) is 1. The standard InChI is InChI=1S/C19H17N3/c1-2-7-13-8-3-4-9-14(13)17-12-18-19(22-17)21-16-11-6-5-10-15(16)20-18/h3-6,8-12H,2,7H2,1H3,(H,21,22). The first-order valence-corrected chi connectivity index (χ1v) is 7.69. The van der Waals surface area contributed by atoms with Crippen LogP contribution >= 0.6 is 0 Å². The van der Waals surface area contributed by atoms with Crippen LogP contribution in [0.15, 0.2) is 54.6 Å². The monoisotopic (exact) mass is 287 g/mol. The third-order valence-electron chi connectivity index (χ3n) is 3.96. The van der Waals surface area contributed by atoms with Gasteiger partial charge in [-0.25, -0.2) is 9.97 Å². The lowest BCUT2D eigenvalue weighted by atomic mass is 10.0. The molecule has 0 spiro atoms. The first-order valence-electron chi connectivity index (χ1n) is 7.69. The molecule has 0 radical (unpaired) electrons. The number of para-hydroxylation sites is 2. The average Bonchev–Trinajstić information content (AvgIpc) is 2.96. The van der Waals surface area contributed by atoms with Crippen LogP contribution in [0, 0.1) is 0 Å². The van der Waals surface area contributed by atoms with Crippen molar-refractivity contribution in [2.45, 2.75) is 19.8 Å². The Morgan fingerprint density at radius 3 is 2.41 bits per heavy atom. The highest BCUT2D eigenvalue weighted by molar-refractivity contribution is 5.88. The van der Waals surface area contributed by atoms with Crippen molar-refractivity contribution in [3.63, 3.8) is 0 Å². The second kappa shape index (κ2) is 5.26. The summed E-state index contributed by atoms with van der Waals surface area (Å²) in [5.41, 5.74) is 7.32. The van der Waals surface area contributed by atoms with E-state index in [0.29, 0.717) is 0 Å². The van der Waals surface area contributed by atoms with Gasteiger partial charge in [0.1, 0.15) is 5.52 Å². The molecule has 0 atom stereocenters. The normalized spacial score (nSPS) is 11.3. The van der Waals surface area contributed by atoms with Gasteiger partial charge in [-0.1, -0.05) is 49.7 Å². The van der Waals surface area contributed by atoms with E-state index in [1.807, 2.05) is 24.3 Å². The summed E-state index contributed by atoms with van der Waals surface area (Å²) in [6, 6.07) is 18.6. The molecule has 0 aliphatic carbocycles. The molecule has 2 heterocycles. The maximum absolute atomic E-state index is 4.71. The summed E-state index contributed by atoms with van der Waals surface area (Å²) in [6.07, 6.45) is 2.21. The van der Waals surface area contributed by atoms with Crippen LogP contribution in [-0.4, -0.2) is 15.0 Å². The molecule has 2 aromatic heterocycles. The number of aromatic nitrogens is 3. The van der Waals surface area contributed by atoms with Gasteiger partial charge in [-0.3, -0.25) is 0 Å². The smallest absolute Gasteiger partial charge is 0.157 e. The van der Waals surface area contributed by atoms with E-state index >= 15 is 0 Å². The molecule has 0 amide bonds. The molecule has 0 unspecified atom stereocenters. The number of aromatic amines is 1. The van der Waals surface area contributed by atoms with Gasteiger partial charge in [0.25, 0.3) is 0 Å². The molecule has 0 aliphatic heterocycles. The summed E-state index contributed by atoms with van der Waals surface area (Å²) in [5.74, 6) is 0. The van der Waals surface area contributed by atoms with Crippen LogP contribution in [-0.2, 0) is 6.42 Å². The molecule has 3 nitrogen and oxygen atoms in total. The fourth-order valence-corrected chi connectivity index (χ4v) is 2.92. The second-order valence-electron chi connectivity index (χ2n) is 5.54. The Bertz CT molecular complexity index is 901. The molecular weight excluding hydrogens is 270 g/mol. The van der Waals surface area contributed by atoms with E-state index < -0.39 is 0 Å². The number of benzene rings is 2. The lowest BCUT2D eigenvalue weighted by Gasteiger charge is -2.06. The molecule has 108 valence electrons. The van der Waals surface area contributed by atoms with Gasteiger partial charge in [0.2, 0.25) is 0 Å². The van der Waals surface area contributed by atoms with Crippen molar-refractivity contribution in [2.75, 3.05) is 0 Å². The Morgan fingerprint density at radius 2 is 1.59 bits per heavy atom. The minimum atomic E-state index is 0.847. The Kier molecular flexibility index (Phi) is 3.11. The van der Waals surface area contributed by atoms with Crippen molar-refractivity contribution in [2.24, 2.45) is 0 Å². The van der Waals surface area contributed by atoms with Crippen LogP contribution in [0.5, 0.6) is 0 Å². The predicted molar refractivity (Wildman–Crippen MR) is 90.8 cm³/mol. The lowest BCUT2D eigenvalue weighted by Crippen LogP contribution is -1.89. The molecule has 4 rings (SSSR count). The zero-order valence-electron chi connectivity index (χ0n) is 12.5. The quantitative estimate of drug-likeness (QED) is 0.592. The highest BCUT2D eigenvalue weighted by Crippen LogP contribution is 2.27. The number of rotatable bonds is 3. The maximum Gasteiger partial charge on any atom is 0.157 e. The van der Waals surface area contributed by atoms with Crippen molar-refractivity contribution in [3.8, 4) is 11.3 Å². The molecule has 2 aromatic carbocycles. The van der Waals surface area contributed by atoms with Crippen molar-refractivity contribution in [1.29, 1.82) is 0 Å². The first kappa shape index (κ1) is 13.0. The molecule has 0 saturated carbocycles. The number of aryl methyl sites for hydroxylation is 1. The van der Waals surface area contributed by atoms with Crippen molar-refractivity contribution >= 4 is 22.2 Å². The Morgan fingerprint density at radius 1 is 0.864 bits per heavy atom. The van der Waals surface area contributed by atoms with Crippen LogP contribution in [0.3, 0.4) is 0 Å². The highest BCUT2D eigenvalue weighted by atomic mass is 14.9. The zero-order chi connectivity index (χ0) is 14.9. The summed E-state index contributed by atoms with van der Waals surface area (Å²) in [6.45, 7) is 2.21. The molecule has 0 bridgehead atoms. The van der Waals surface area contributed by atoms with Crippen LogP contribution in [0.4, 0.5) is 0 Å². The molecule has 0 aliphatic rings. The van der Waals surface area contributed by atoms with Crippen LogP contribution in [0.2, 0.25) is 0 Å². The van der Waals surface area contributed by atoms with Crippen LogP contribution < -0.4 is 0 Å². The minimum absolute atomic E-state index is 0.847. The van der Waals surface area contributed by atoms with Crippen molar-refractivity contribution < 1.29 is 0 Å². The second-order valence-corrected chi connectivity index (χ2v) is 5.54. The minimum Gasteiger partial charge on any atom is -0.338 e. The zero-order valence-corrected chi connectivity index (χ0v) is 12.5. The van der Waals surface area contributed by atoms with Crippen LogP contribution in [0.1, 0.15) is 18.9 Å². The third kappa shape index (κ3) is 2.15. The van der Waals surface area contributed by atoms with Crippen molar-refractivity contribution in [3.05, 3.63) is 60.2 Å². The number of nitrogens with zero attached hydrogens (tertiary/aromatic N) is 2. The third-order valence-corrected chi connectivity index (χ3v) is 3.96. The summed E-state index contributed by atoms with van der Waals surface area (Å²) >= 11 is 0. The van der Waals surface area contributed by atoms with Gasteiger partial charge in [-0.2, -0.15) is 0 Å². The number of hydrogen-bond acceptors (Lipinski definition) is 2. The maximum atomic E-state index is 4.71. The SMILES string of the molecule is CCCc1ccccc1-c1cc2nc3ccccc3nc2[nH]1. The highest BCUT2D eigenvalue weighted by Gasteiger charge is 2.10. The molecule has 3 heteroatoms. The van der Waals surface area contributed by atoms with E-state index in [-0.39, 0.29) is 0 Å². The molecule has 1 N–H and O–H groups in total. The predicted octanol–water partition coefficient (Wildman–Crippen LogP) is 4.73. The molecule has 0 saturated heterocycles. The largest absolute Gasteiger partial charge is 0.338 e. The summed E-state index contributed by atoms with van der Waals surface area (Å²) in [5, 5.41) is 0. The van der Waals surface area contributed by atoms with Gasteiger partial charge in [0.15, 0.2) is 5.65 Å². The van der Waals surface area contributed by atoms with E-state index in [0.717, 1.165) is 40.7 Å².